The van der Waals surface area contributed by atoms with Crippen LogP contribution in [0.5, 0.6) is 0 Å². The molecule has 26 heavy (non-hydrogen) atoms. The summed E-state index contributed by atoms with van der Waals surface area (Å²) in [5.41, 5.74) is 0.728. The van der Waals surface area contributed by atoms with Crippen LogP contribution < -0.4 is 5.32 Å². The van der Waals surface area contributed by atoms with Gasteiger partial charge in [0.05, 0.1) is 0 Å². The van der Waals surface area contributed by atoms with Crippen LogP contribution in [0.4, 0.5) is 0 Å². The van der Waals surface area contributed by atoms with E-state index in [1.807, 2.05) is 6.92 Å². The van der Waals surface area contributed by atoms with E-state index < -0.39 is 16.1 Å². The summed E-state index contributed by atoms with van der Waals surface area (Å²) in [5.74, 6) is -0.314. The number of carbonyl (C=O) groups is 1. The van der Waals surface area contributed by atoms with E-state index in [1.54, 1.807) is 30.3 Å². The molecule has 5 nitrogen and oxygen atoms in total. The van der Waals surface area contributed by atoms with Crippen molar-refractivity contribution in [3.63, 3.8) is 0 Å². The number of benzene rings is 1. The van der Waals surface area contributed by atoms with Gasteiger partial charge in [0.25, 0.3) is 10.0 Å². The number of thiophene rings is 1. The predicted octanol–water partition coefficient (Wildman–Crippen LogP) is 3.83. The Labute approximate surface area is 167 Å². The summed E-state index contributed by atoms with van der Waals surface area (Å²) < 4.78 is 27.3. The van der Waals surface area contributed by atoms with Crippen LogP contribution in [0.15, 0.2) is 34.5 Å². The Morgan fingerprint density at radius 1 is 1.31 bits per heavy atom. The average Bonchev–Trinajstić information content (AvgIpc) is 3.23. The van der Waals surface area contributed by atoms with Gasteiger partial charge in [-0.15, -0.1) is 11.3 Å². The molecule has 1 saturated heterocycles. The zero-order valence-electron chi connectivity index (χ0n) is 14.0. The first-order valence-electron chi connectivity index (χ1n) is 8.09. The van der Waals surface area contributed by atoms with Crippen molar-refractivity contribution >= 4 is 50.5 Å². The van der Waals surface area contributed by atoms with Crippen molar-refractivity contribution < 1.29 is 13.2 Å². The van der Waals surface area contributed by atoms with Crippen LogP contribution in [0.3, 0.4) is 0 Å². The Morgan fingerprint density at radius 2 is 2.08 bits per heavy atom. The molecule has 0 saturated carbocycles. The van der Waals surface area contributed by atoms with Gasteiger partial charge in [0.1, 0.15) is 10.3 Å². The van der Waals surface area contributed by atoms with Gasteiger partial charge in [0.15, 0.2) is 0 Å². The Morgan fingerprint density at radius 3 is 2.73 bits per heavy atom. The minimum absolute atomic E-state index is 0.220. The van der Waals surface area contributed by atoms with Crippen molar-refractivity contribution in [2.24, 2.45) is 0 Å². The number of nitrogens with one attached hydrogen (secondary N) is 1. The van der Waals surface area contributed by atoms with E-state index in [0.29, 0.717) is 29.4 Å². The molecule has 2 aromatic rings. The van der Waals surface area contributed by atoms with E-state index in [2.05, 4.69) is 5.32 Å². The maximum atomic E-state index is 12.8. The molecule has 0 aliphatic carbocycles. The largest absolute Gasteiger partial charge is 0.351 e. The molecule has 0 radical (unpaired) electrons. The molecule has 1 aromatic carbocycles. The number of sulfonamides is 1. The third kappa shape index (κ3) is 4.07. The molecule has 9 heteroatoms. The van der Waals surface area contributed by atoms with Gasteiger partial charge >= 0.3 is 0 Å². The zero-order valence-corrected chi connectivity index (χ0v) is 17.2. The number of nitrogens with zero attached hydrogens (tertiary/aromatic N) is 1. The molecule has 2 heterocycles. The number of hydrogen-bond donors (Lipinski definition) is 1. The number of hydrogen-bond acceptors (Lipinski definition) is 4. The first-order valence-corrected chi connectivity index (χ1v) is 11.1. The third-order valence-electron chi connectivity index (χ3n) is 4.25. The van der Waals surface area contributed by atoms with Gasteiger partial charge in [-0.3, -0.25) is 4.79 Å². The Balaban J connectivity index is 1.72. The van der Waals surface area contributed by atoms with Gasteiger partial charge in [0.2, 0.25) is 5.91 Å². The van der Waals surface area contributed by atoms with E-state index in [1.165, 1.54) is 15.6 Å². The van der Waals surface area contributed by atoms with Crippen LogP contribution in [-0.4, -0.2) is 31.2 Å². The lowest BCUT2D eigenvalue weighted by atomic mass is 10.2. The molecule has 1 aliphatic rings. The van der Waals surface area contributed by atoms with Crippen LogP contribution in [0, 0.1) is 6.92 Å². The van der Waals surface area contributed by atoms with Crippen molar-refractivity contribution in [1.29, 1.82) is 0 Å². The van der Waals surface area contributed by atoms with Crippen LogP contribution in [0.25, 0.3) is 0 Å². The third-order valence-corrected chi connectivity index (χ3v) is 8.22. The standard InChI is InChI=1S/C17H18Cl2N2O3S2/c1-11-4-7-16(25-11)26(23,24)21-8-2-3-15(21)17(22)20-10-12-5-6-13(18)9-14(12)19/h4-7,9,15H,2-3,8,10H2,1H3,(H,20,22)/t15-/m0/s1. The predicted molar refractivity (Wildman–Crippen MR) is 104 cm³/mol. The molecule has 1 aliphatic heterocycles. The Hall–Kier alpha value is -1.12. The van der Waals surface area contributed by atoms with E-state index in [9.17, 15) is 13.2 Å². The second-order valence-electron chi connectivity index (χ2n) is 6.09. The summed E-state index contributed by atoms with van der Waals surface area (Å²) >= 11 is 13.2. The molecule has 140 valence electrons. The van der Waals surface area contributed by atoms with E-state index in [-0.39, 0.29) is 16.7 Å². The van der Waals surface area contributed by atoms with E-state index >= 15 is 0 Å². The SMILES string of the molecule is Cc1ccc(S(=O)(=O)N2CCC[C@H]2C(=O)NCc2ccc(Cl)cc2Cl)s1. The molecule has 0 unspecified atom stereocenters. The van der Waals surface area contributed by atoms with Crippen LogP contribution in [0.2, 0.25) is 10.0 Å². The highest BCUT2D eigenvalue weighted by molar-refractivity contribution is 7.91. The Bertz CT molecular complexity index is 928. The topological polar surface area (TPSA) is 66.5 Å². The van der Waals surface area contributed by atoms with Gasteiger partial charge in [-0.1, -0.05) is 29.3 Å². The van der Waals surface area contributed by atoms with E-state index in [4.69, 9.17) is 23.2 Å². The summed E-state index contributed by atoms with van der Waals surface area (Å²) in [6, 6.07) is 7.70. The summed E-state index contributed by atoms with van der Waals surface area (Å²) in [6.45, 7) is 2.42. The van der Waals surface area contributed by atoms with Crippen molar-refractivity contribution in [2.45, 2.75) is 36.6 Å². The van der Waals surface area contributed by atoms with Crippen molar-refractivity contribution in [3.05, 3.63) is 50.8 Å². The highest BCUT2D eigenvalue weighted by Crippen LogP contribution is 2.30. The monoisotopic (exact) mass is 432 g/mol. The maximum absolute atomic E-state index is 12.8. The van der Waals surface area contributed by atoms with Crippen LogP contribution in [0.1, 0.15) is 23.3 Å². The van der Waals surface area contributed by atoms with E-state index in [0.717, 1.165) is 10.4 Å². The number of rotatable bonds is 5. The van der Waals surface area contributed by atoms with Crippen LogP contribution in [-0.2, 0) is 21.4 Å². The van der Waals surface area contributed by atoms with Gasteiger partial charge < -0.3 is 5.32 Å². The lowest BCUT2D eigenvalue weighted by Gasteiger charge is -2.22. The minimum atomic E-state index is -3.66. The van der Waals surface area contributed by atoms with Crippen molar-refractivity contribution in [2.75, 3.05) is 6.54 Å². The summed E-state index contributed by atoms with van der Waals surface area (Å²) in [6.07, 6.45) is 1.16. The molecular weight excluding hydrogens is 415 g/mol. The maximum Gasteiger partial charge on any atom is 0.253 e. The number of amides is 1. The molecule has 0 spiro atoms. The van der Waals surface area contributed by atoms with Crippen molar-refractivity contribution in [3.8, 4) is 0 Å². The Kier molecular flexibility index (Phi) is 5.94. The number of carbonyl (C=O) groups excluding carboxylic acids is 1. The van der Waals surface area contributed by atoms with Gasteiger partial charge in [-0.05, 0) is 49.6 Å². The minimum Gasteiger partial charge on any atom is -0.351 e. The molecule has 1 atom stereocenters. The quantitative estimate of drug-likeness (QED) is 0.780. The van der Waals surface area contributed by atoms with Crippen molar-refractivity contribution in [1.82, 2.24) is 9.62 Å². The first kappa shape index (κ1) is 19.6. The molecule has 1 aromatic heterocycles. The molecule has 1 amide bonds. The molecular formula is C17H18Cl2N2O3S2. The molecule has 1 fully saturated rings. The molecule has 1 N–H and O–H groups in total. The fraction of sp³-hybridized carbons (Fsp3) is 0.353. The normalized spacial score (nSPS) is 18.2. The second kappa shape index (κ2) is 7.86. The number of halogens is 2. The lowest BCUT2D eigenvalue weighted by Crippen LogP contribution is -2.45. The smallest absolute Gasteiger partial charge is 0.253 e. The summed E-state index contributed by atoms with van der Waals surface area (Å²) in [4.78, 5) is 13.5. The van der Waals surface area contributed by atoms with Gasteiger partial charge in [0, 0.05) is 28.0 Å². The van der Waals surface area contributed by atoms with Gasteiger partial charge in [-0.2, -0.15) is 4.31 Å². The van der Waals surface area contributed by atoms with Crippen LogP contribution >= 0.6 is 34.5 Å². The number of aryl methyl sites for hydroxylation is 1. The second-order valence-corrected chi connectivity index (χ2v) is 10.3. The first-order chi connectivity index (χ1) is 12.3. The highest BCUT2D eigenvalue weighted by Gasteiger charge is 2.39. The lowest BCUT2D eigenvalue weighted by molar-refractivity contribution is -0.124. The average molecular weight is 433 g/mol. The molecule has 3 rings (SSSR count). The zero-order chi connectivity index (χ0) is 18.9. The highest BCUT2D eigenvalue weighted by atomic mass is 35.5. The van der Waals surface area contributed by atoms with Gasteiger partial charge in [-0.25, -0.2) is 8.42 Å². The summed E-state index contributed by atoms with van der Waals surface area (Å²) in [5, 5.41) is 3.77. The fourth-order valence-electron chi connectivity index (χ4n) is 2.92. The summed E-state index contributed by atoms with van der Waals surface area (Å²) in [7, 11) is -3.66. The fourth-order valence-corrected chi connectivity index (χ4v) is 6.47. The molecule has 0 bridgehead atoms.